The lowest BCUT2D eigenvalue weighted by molar-refractivity contribution is 0.0972. The number of nitrogens with zero attached hydrogens (tertiary/aromatic N) is 1. The molecule has 1 N–H and O–H groups in total. The minimum atomic E-state index is -0.181. The van der Waals surface area contributed by atoms with Gasteiger partial charge in [-0.1, -0.05) is 13.8 Å². The van der Waals surface area contributed by atoms with E-state index >= 15 is 0 Å². The van der Waals surface area contributed by atoms with Gasteiger partial charge < -0.3 is 9.64 Å². The number of carbonyl (C=O) groups is 1. The van der Waals surface area contributed by atoms with Crippen molar-refractivity contribution < 1.29 is 9.53 Å². The molecule has 0 bridgehead atoms. The zero-order valence-corrected chi connectivity index (χ0v) is 16.7. The Bertz CT molecular complexity index is 586. The van der Waals surface area contributed by atoms with Crippen LogP contribution in [0.2, 0.25) is 0 Å². The Hall–Kier alpha value is -1.14. The fourth-order valence-electron chi connectivity index (χ4n) is 2.51. The monoisotopic (exact) mass is 412 g/mol. The Morgan fingerprint density at radius 3 is 2.67 bits per heavy atom. The number of thiocarbonyl (C=S) groups is 1. The average Bonchev–Trinajstić information content (AvgIpc) is 2.56. The van der Waals surface area contributed by atoms with E-state index in [9.17, 15) is 4.79 Å². The van der Waals surface area contributed by atoms with Crippen molar-refractivity contribution in [3.63, 3.8) is 0 Å². The molecule has 24 heavy (non-hydrogen) atoms. The van der Waals surface area contributed by atoms with Crippen molar-refractivity contribution >= 4 is 39.2 Å². The van der Waals surface area contributed by atoms with Crippen LogP contribution in [-0.2, 0) is 0 Å². The molecule has 0 atom stereocenters. The summed E-state index contributed by atoms with van der Waals surface area (Å²) in [4.78, 5) is 14.4. The third-order valence-electron chi connectivity index (χ3n) is 4.01. The van der Waals surface area contributed by atoms with Gasteiger partial charge in [-0.25, -0.2) is 0 Å². The van der Waals surface area contributed by atoms with E-state index < -0.39 is 0 Å². The van der Waals surface area contributed by atoms with Crippen LogP contribution in [0.1, 0.15) is 49.9 Å². The minimum absolute atomic E-state index is 0.181. The molecule has 0 unspecified atom stereocenters. The summed E-state index contributed by atoms with van der Waals surface area (Å²) >= 11 is 8.83. The van der Waals surface area contributed by atoms with E-state index in [0.717, 1.165) is 42.6 Å². The van der Waals surface area contributed by atoms with E-state index in [1.807, 2.05) is 6.07 Å². The van der Waals surface area contributed by atoms with E-state index in [-0.39, 0.29) is 5.91 Å². The van der Waals surface area contributed by atoms with Gasteiger partial charge in [0, 0.05) is 18.7 Å². The first-order chi connectivity index (χ1) is 11.5. The van der Waals surface area contributed by atoms with E-state index in [1.54, 1.807) is 12.1 Å². The van der Waals surface area contributed by atoms with Crippen LogP contribution in [0.25, 0.3) is 0 Å². The number of carbonyl (C=O) groups excluding carboxylic acids is 1. The average molecular weight is 413 g/mol. The molecule has 0 aliphatic carbocycles. The maximum Gasteiger partial charge on any atom is 0.257 e. The molecule has 6 heteroatoms. The highest BCUT2D eigenvalue weighted by Gasteiger charge is 2.17. The summed E-state index contributed by atoms with van der Waals surface area (Å²) in [5.41, 5.74) is 0.567. The van der Waals surface area contributed by atoms with Gasteiger partial charge >= 0.3 is 0 Å². The number of nitrogens with one attached hydrogen (secondary N) is 1. The fraction of sp³-hybridized carbons (Fsp3) is 0.556. The highest BCUT2D eigenvalue weighted by atomic mass is 79.9. The van der Waals surface area contributed by atoms with E-state index in [2.05, 4.69) is 40.0 Å². The lowest BCUT2D eigenvalue weighted by Gasteiger charge is -2.28. The number of hydrogen-bond acceptors (Lipinski definition) is 3. The normalized spacial score (nSPS) is 14.6. The molecule has 0 aromatic heterocycles. The van der Waals surface area contributed by atoms with Crippen molar-refractivity contribution in [2.24, 2.45) is 5.92 Å². The Kier molecular flexibility index (Phi) is 7.49. The van der Waals surface area contributed by atoms with Crippen LogP contribution in [0.3, 0.4) is 0 Å². The molecule has 4 nitrogen and oxygen atoms in total. The van der Waals surface area contributed by atoms with Crippen molar-refractivity contribution in [3.05, 3.63) is 28.2 Å². The van der Waals surface area contributed by atoms with Gasteiger partial charge in [0.05, 0.1) is 11.1 Å². The van der Waals surface area contributed by atoms with Crippen LogP contribution in [0, 0.1) is 5.92 Å². The zero-order chi connectivity index (χ0) is 17.5. The molecule has 1 aliphatic heterocycles. The fourth-order valence-corrected chi connectivity index (χ4v) is 3.28. The maximum atomic E-state index is 12.4. The molecule has 1 aromatic rings. The molecule has 1 aromatic carbocycles. The maximum absolute atomic E-state index is 12.4. The molecule has 1 aliphatic rings. The van der Waals surface area contributed by atoms with Crippen molar-refractivity contribution in [2.45, 2.75) is 39.5 Å². The van der Waals surface area contributed by atoms with Crippen LogP contribution in [0.5, 0.6) is 5.75 Å². The lowest BCUT2D eigenvalue weighted by Crippen LogP contribution is -2.44. The molecule has 0 saturated carbocycles. The molecular weight excluding hydrogens is 388 g/mol. The second-order valence-electron chi connectivity index (χ2n) is 6.48. The molecule has 132 valence electrons. The molecule has 1 saturated heterocycles. The summed E-state index contributed by atoms with van der Waals surface area (Å²) < 4.78 is 6.53. The van der Waals surface area contributed by atoms with Gasteiger partial charge in [0.25, 0.3) is 5.91 Å². The summed E-state index contributed by atoms with van der Waals surface area (Å²) in [6, 6.07) is 5.37. The highest BCUT2D eigenvalue weighted by Crippen LogP contribution is 2.26. The third kappa shape index (κ3) is 5.74. The van der Waals surface area contributed by atoms with Crippen LogP contribution < -0.4 is 10.1 Å². The summed E-state index contributed by atoms with van der Waals surface area (Å²) in [6.07, 6.45) is 4.49. The highest BCUT2D eigenvalue weighted by molar-refractivity contribution is 9.10. The first kappa shape index (κ1) is 19.2. The van der Waals surface area contributed by atoms with Gasteiger partial charge in [-0.2, -0.15) is 0 Å². The summed E-state index contributed by atoms with van der Waals surface area (Å²) in [5, 5.41) is 3.35. The third-order valence-corrected chi connectivity index (χ3v) is 4.99. The Morgan fingerprint density at radius 1 is 1.33 bits per heavy atom. The number of likely N-dealkylation sites (tertiary alicyclic amines) is 1. The molecule has 1 fully saturated rings. The SMILES string of the molecule is CC(C)CCOc1ccc(C(=O)NC(=S)N2CCCCC2)cc1Br. The first-order valence-corrected chi connectivity index (χ1v) is 9.70. The van der Waals surface area contributed by atoms with E-state index in [4.69, 9.17) is 17.0 Å². The Morgan fingerprint density at radius 2 is 2.04 bits per heavy atom. The summed E-state index contributed by atoms with van der Waals surface area (Å²) in [7, 11) is 0. The smallest absolute Gasteiger partial charge is 0.257 e. The summed E-state index contributed by atoms with van der Waals surface area (Å²) in [5.74, 6) is 1.18. The van der Waals surface area contributed by atoms with Crippen LogP contribution in [0.4, 0.5) is 0 Å². The van der Waals surface area contributed by atoms with E-state index in [0.29, 0.717) is 23.2 Å². The van der Waals surface area contributed by atoms with Gasteiger partial charge in [0.1, 0.15) is 5.75 Å². The van der Waals surface area contributed by atoms with Crippen molar-refractivity contribution in [2.75, 3.05) is 19.7 Å². The summed E-state index contributed by atoms with van der Waals surface area (Å²) in [6.45, 7) is 6.84. The van der Waals surface area contributed by atoms with Crippen molar-refractivity contribution in [3.8, 4) is 5.75 Å². The first-order valence-electron chi connectivity index (χ1n) is 8.50. The van der Waals surface area contributed by atoms with Crippen molar-refractivity contribution in [1.29, 1.82) is 0 Å². The van der Waals surface area contributed by atoms with Gasteiger partial charge in [0.2, 0.25) is 0 Å². The number of halogens is 1. The molecule has 0 spiro atoms. The predicted octanol–water partition coefficient (Wildman–Crippen LogP) is 4.37. The van der Waals surface area contributed by atoms with Crippen LogP contribution in [-0.4, -0.2) is 35.6 Å². The van der Waals surface area contributed by atoms with Crippen LogP contribution in [0.15, 0.2) is 22.7 Å². The number of benzene rings is 1. The van der Waals surface area contributed by atoms with E-state index in [1.165, 1.54) is 6.42 Å². The van der Waals surface area contributed by atoms with Gasteiger partial charge in [-0.3, -0.25) is 10.1 Å². The second kappa shape index (κ2) is 9.37. The quantitative estimate of drug-likeness (QED) is 0.728. The number of rotatable bonds is 5. The molecule has 1 amide bonds. The largest absolute Gasteiger partial charge is 0.492 e. The Balaban J connectivity index is 1.92. The zero-order valence-electron chi connectivity index (χ0n) is 14.3. The Labute approximate surface area is 158 Å². The lowest BCUT2D eigenvalue weighted by atomic mass is 10.1. The standard InChI is InChI=1S/C18H25BrN2O2S/c1-13(2)8-11-23-16-7-6-14(12-15(16)19)17(22)20-18(24)21-9-4-3-5-10-21/h6-7,12-13H,3-5,8-11H2,1-2H3,(H,20,22,24). The van der Waals surface area contributed by atoms with Gasteiger partial charge in [-0.05, 0) is 77.9 Å². The topological polar surface area (TPSA) is 41.6 Å². The number of ether oxygens (including phenoxy) is 1. The second-order valence-corrected chi connectivity index (χ2v) is 7.72. The van der Waals surface area contributed by atoms with Gasteiger partial charge in [0.15, 0.2) is 5.11 Å². The molecule has 1 heterocycles. The molecule has 2 rings (SSSR count). The van der Waals surface area contributed by atoms with Crippen LogP contribution >= 0.6 is 28.1 Å². The molecular formula is C18H25BrN2O2S. The number of piperidine rings is 1. The van der Waals surface area contributed by atoms with Crippen molar-refractivity contribution in [1.82, 2.24) is 10.2 Å². The minimum Gasteiger partial charge on any atom is -0.492 e. The number of amides is 1. The van der Waals surface area contributed by atoms with Gasteiger partial charge in [-0.15, -0.1) is 0 Å². The number of hydrogen-bond donors (Lipinski definition) is 1. The predicted molar refractivity (Wildman–Crippen MR) is 105 cm³/mol. The molecule has 0 radical (unpaired) electrons.